The van der Waals surface area contributed by atoms with Crippen LogP contribution in [0.25, 0.3) is 0 Å². The Kier molecular flexibility index (Phi) is 3.15. The van der Waals surface area contributed by atoms with Gasteiger partial charge in [-0.1, -0.05) is 23.7 Å². The predicted molar refractivity (Wildman–Crippen MR) is 68.1 cm³/mol. The smallest absolute Gasteiger partial charge is 0.146 e. The first kappa shape index (κ1) is 11.7. The summed E-state index contributed by atoms with van der Waals surface area (Å²) in [5.41, 5.74) is 7.72. The van der Waals surface area contributed by atoms with E-state index in [9.17, 15) is 4.39 Å². The van der Waals surface area contributed by atoms with E-state index < -0.39 is 0 Å². The fourth-order valence-corrected chi connectivity index (χ4v) is 1.71. The van der Waals surface area contributed by atoms with Gasteiger partial charge in [0.05, 0.1) is 28.3 Å². The highest BCUT2D eigenvalue weighted by molar-refractivity contribution is 6.33. The summed E-state index contributed by atoms with van der Waals surface area (Å²) in [4.78, 5) is 3.84. The molecule has 1 heterocycles. The molecule has 0 saturated carbocycles. The van der Waals surface area contributed by atoms with Crippen LogP contribution >= 0.6 is 11.6 Å². The average molecular weight is 252 g/mol. The Labute approximate surface area is 103 Å². The van der Waals surface area contributed by atoms with E-state index in [1.807, 2.05) is 0 Å². The van der Waals surface area contributed by atoms with Gasteiger partial charge in [-0.2, -0.15) is 0 Å². The van der Waals surface area contributed by atoms with E-state index in [2.05, 4.69) is 10.3 Å². The van der Waals surface area contributed by atoms with Crippen LogP contribution in [-0.4, -0.2) is 4.98 Å². The topological polar surface area (TPSA) is 50.9 Å². The van der Waals surface area contributed by atoms with Gasteiger partial charge in [0.15, 0.2) is 0 Å². The summed E-state index contributed by atoms with van der Waals surface area (Å²) in [6, 6.07) is 4.82. The zero-order chi connectivity index (χ0) is 12.4. The fraction of sp³-hybridized carbons (Fsp3) is 0.0833. The number of anilines is 3. The summed E-state index contributed by atoms with van der Waals surface area (Å²) in [5.74, 6) is -0.350. The average Bonchev–Trinajstić information content (AvgIpc) is 2.27. The maximum atomic E-state index is 13.6. The van der Waals surface area contributed by atoms with E-state index >= 15 is 0 Å². The molecule has 2 rings (SSSR count). The number of hydrogen-bond donors (Lipinski definition) is 2. The highest BCUT2D eigenvalue weighted by atomic mass is 35.5. The summed E-state index contributed by atoms with van der Waals surface area (Å²) in [7, 11) is 0. The van der Waals surface area contributed by atoms with E-state index in [4.69, 9.17) is 17.3 Å². The van der Waals surface area contributed by atoms with Crippen molar-refractivity contribution in [1.82, 2.24) is 4.98 Å². The molecule has 1 aromatic heterocycles. The summed E-state index contributed by atoms with van der Waals surface area (Å²) in [6.45, 7) is 1.80. The normalized spacial score (nSPS) is 10.3. The molecular weight excluding hydrogens is 241 g/mol. The largest absolute Gasteiger partial charge is 0.396 e. The molecule has 17 heavy (non-hydrogen) atoms. The maximum Gasteiger partial charge on any atom is 0.146 e. The van der Waals surface area contributed by atoms with Crippen molar-refractivity contribution >= 4 is 28.7 Å². The van der Waals surface area contributed by atoms with Crippen LogP contribution in [0.1, 0.15) is 5.56 Å². The van der Waals surface area contributed by atoms with Gasteiger partial charge < -0.3 is 11.1 Å². The van der Waals surface area contributed by atoms with Crippen molar-refractivity contribution in [3.05, 3.63) is 47.0 Å². The number of pyridine rings is 1. The second kappa shape index (κ2) is 4.59. The fourth-order valence-electron chi connectivity index (χ4n) is 1.50. The zero-order valence-electron chi connectivity index (χ0n) is 9.17. The number of halogens is 2. The quantitative estimate of drug-likeness (QED) is 0.859. The molecule has 88 valence electrons. The minimum atomic E-state index is -0.350. The number of nitrogen functional groups attached to an aromatic ring is 1. The third kappa shape index (κ3) is 2.31. The van der Waals surface area contributed by atoms with E-state index in [1.54, 1.807) is 19.1 Å². The van der Waals surface area contributed by atoms with Crippen LogP contribution in [0.4, 0.5) is 21.5 Å². The molecule has 0 aliphatic heterocycles. The molecule has 0 unspecified atom stereocenters. The minimum absolute atomic E-state index is 0.350. The first-order valence-corrected chi connectivity index (χ1v) is 5.38. The number of para-hydroxylation sites is 1. The summed E-state index contributed by atoms with van der Waals surface area (Å²) >= 11 is 5.96. The molecular formula is C12H11ClFN3. The van der Waals surface area contributed by atoms with Gasteiger partial charge in [-0.15, -0.1) is 0 Å². The highest BCUT2D eigenvalue weighted by Crippen LogP contribution is 2.32. The predicted octanol–water partition coefficient (Wildman–Crippen LogP) is 3.51. The standard InChI is InChI=1S/C12H11ClFN3/c1-7-3-2-4-9(14)11(7)17-12-8(13)5-16-6-10(12)15/h2-6H,15H2,1H3,(H,16,17). The van der Waals surface area contributed by atoms with Crippen molar-refractivity contribution in [2.24, 2.45) is 0 Å². The zero-order valence-corrected chi connectivity index (χ0v) is 9.92. The van der Waals surface area contributed by atoms with E-state index in [0.29, 0.717) is 22.1 Å². The van der Waals surface area contributed by atoms with Gasteiger partial charge in [0.25, 0.3) is 0 Å². The number of benzene rings is 1. The SMILES string of the molecule is Cc1cccc(F)c1Nc1c(N)cncc1Cl. The molecule has 0 atom stereocenters. The Hall–Kier alpha value is -1.81. The number of hydrogen-bond acceptors (Lipinski definition) is 3. The summed E-state index contributed by atoms with van der Waals surface area (Å²) in [6.07, 6.45) is 2.92. The molecule has 0 aliphatic rings. The van der Waals surface area contributed by atoms with Crippen molar-refractivity contribution in [2.75, 3.05) is 11.1 Å². The van der Waals surface area contributed by atoms with Crippen molar-refractivity contribution in [1.29, 1.82) is 0 Å². The van der Waals surface area contributed by atoms with Gasteiger partial charge in [-0.3, -0.25) is 4.98 Å². The first-order valence-electron chi connectivity index (χ1n) is 5.00. The number of nitrogens with one attached hydrogen (secondary N) is 1. The second-order valence-corrected chi connectivity index (χ2v) is 4.05. The number of aromatic nitrogens is 1. The third-order valence-electron chi connectivity index (χ3n) is 2.40. The molecule has 5 heteroatoms. The van der Waals surface area contributed by atoms with Crippen molar-refractivity contribution in [3.63, 3.8) is 0 Å². The van der Waals surface area contributed by atoms with Gasteiger partial charge in [0.2, 0.25) is 0 Å². The van der Waals surface area contributed by atoms with Crippen LogP contribution in [0.2, 0.25) is 5.02 Å². The molecule has 0 spiro atoms. The monoisotopic (exact) mass is 251 g/mol. The van der Waals surface area contributed by atoms with Crippen LogP contribution < -0.4 is 11.1 Å². The number of rotatable bonds is 2. The number of aryl methyl sites for hydroxylation is 1. The molecule has 0 saturated heterocycles. The van der Waals surface area contributed by atoms with Gasteiger partial charge in [-0.05, 0) is 18.6 Å². The molecule has 3 nitrogen and oxygen atoms in total. The molecule has 1 aromatic carbocycles. The van der Waals surface area contributed by atoms with Gasteiger partial charge in [0, 0.05) is 6.20 Å². The Morgan fingerprint density at radius 1 is 1.29 bits per heavy atom. The lowest BCUT2D eigenvalue weighted by atomic mass is 10.2. The molecule has 0 amide bonds. The van der Waals surface area contributed by atoms with E-state index in [1.165, 1.54) is 18.5 Å². The van der Waals surface area contributed by atoms with Crippen LogP contribution in [0.15, 0.2) is 30.6 Å². The lowest BCUT2D eigenvalue weighted by Gasteiger charge is -2.13. The molecule has 0 aliphatic carbocycles. The van der Waals surface area contributed by atoms with Crippen LogP contribution in [0.3, 0.4) is 0 Å². The van der Waals surface area contributed by atoms with E-state index in [-0.39, 0.29) is 5.82 Å². The lowest BCUT2D eigenvalue weighted by Crippen LogP contribution is -2.01. The van der Waals surface area contributed by atoms with Crippen LogP contribution in [0.5, 0.6) is 0 Å². The Morgan fingerprint density at radius 3 is 2.71 bits per heavy atom. The Morgan fingerprint density at radius 2 is 2.06 bits per heavy atom. The molecule has 2 aromatic rings. The minimum Gasteiger partial charge on any atom is -0.396 e. The third-order valence-corrected chi connectivity index (χ3v) is 2.69. The Bertz CT molecular complexity index is 467. The number of nitrogens with zero attached hydrogens (tertiary/aromatic N) is 1. The van der Waals surface area contributed by atoms with Crippen molar-refractivity contribution < 1.29 is 4.39 Å². The first-order chi connectivity index (χ1) is 8.09. The lowest BCUT2D eigenvalue weighted by molar-refractivity contribution is 0.631. The molecule has 0 fully saturated rings. The van der Waals surface area contributed by atoms with Crippen LogP contribution in [-0.2, 0) is 0 Å². The number of nitrogens with two attached hydrogens (primary N) is 1. The molecule has 0 radical (unpaired) electrons. The van der Waals surface area contributed by atoms with Crippen molar-refractivity contribution in [2.45, 2.75) is 6.92 Å². The van der Waals surface area contributed by atoms with Gasteiger partial charge in [-0.25, -0.2) is 4.39 Å². The highest BCUT2D eigenvalue weighted by Gasteiger charge is 2.10. The summed E-state index contributed by atoms with van der Waals surface area (Å²) < 4.78 is 13.6. The second-order valence-electron chi connectivity index (χ2n) is 3.64. The summed E-state index contributed by atoms with van der Waals surface area (Å²) in [5, 5.41) is 3.26. The van der Waals surface area contributed by atoms with Gasteiger partial charge >= 0.3 is 0 Å². The van der Waals surface area contributed by atoms with Gasteiger partial charge in [0.1, 0.15) is 5.82 Å². The van der Waals surface area contributed by atoms with Crippen molar-refractivity contribution in [3.8, 4) is 0 Å². The maximum absolute atomic E-state index is 13.6. The molecule has 3 N–H and O–H groups in total. The van der Waals surface area contributed by atoms with E-state index in [0.717, 1.165) is 5.56 Å². The molecule has 0 bridgehead atoms. The van der Waals surface area contributed by atoms with Crippen LogP contribution in [0, 0.1) is 12.7 Å². The Balaban J connectivity index is 2.45.